The van der Waals surface area contributed by atoms with E-state index in [1.807, 2.05) is 0 Å². The number of esters is 1. The molecule has 0 radical (unpaired) electrons. The van der Waals surface area contributed by atoms with Gasteiger partial charge in [0.25, 0.3) is 6.43 Å². The largest absolute Gasteiger partial charge is 0.481 e. The van der Waals surface area contributed by atoms with E-state index in [0.29, 0.717) is 0 Å². The predicted molar refractivity (Wildman–Crippen MR) is 51.4 cm³/mol. The van der Waals surface area contributed by atoms with Crippen molar-refractivity contribution in [2.45, 2.75) is 12.8 Å². The molecule has 1 aromatic rings. The second kappa shape index (κ2) is 5.51. The molecule has 0 N–H and O–H groups in total. The second-order valence-electron chi connectivity index (χ2n) is 3.07. The zero-order valence-corrected chi connectivity index (χ0v) is 9.17. The fraction of sp³-hybridized carbons (Fsp3) is 0.400. The molecule has 0 unspecified atom stereocenters. The Morgan fingerprint density at radius 2 is 2.12 bits per heavy atom. The third-order valence-corrected chi connectivity index (χ3v) is 2.06. The summed E-state index contributed by atoms with van der Waals surface area (Å²) in [4.78, 5) is 14.5. The lowest BCUT2D eigenvalue weighted by Gasteiger charge is -2.10. The van der Waals surface area contributed by atoms with Gasteiger partial charge >= 0.3 is 5.97 Å². The molecule has 0 aliphatic carbocycles. The number of aromatic nitrogens is 1. The Kier molecular flexibility index (Phi) is 4.30. The standard InChI is InChI=1S/C10H10F3NO3/c1-16-6(15)3-5-4-14-10(17-2)7(8(5)11)9(12)13/h4,9H,3H2,1-2H3. The summed E-state index contributed by atoms with van der Waals surface area (Å²) in [5.74, 6) is -2.43. The summed E-state index contributed by atoms with van der Waals surface area (Å²) in [7, 11) is 2.22. The van der Waals surface area contributed by atoms with Gasteiger partial charge in [-0.2, -0.15) is 0 Å². The van der Waals surface area contributed by atoms with Crippen LogP contribution in [-0.4, -0.2) is 25.2 Å². The van der Waals surface area contributed by atoms with Gasteiger partial charge in [-0.1, -0.05) is 0 Å². The van der Waals surface area contributed by atoms with Gasteiger partial charge < -0.3 is 9.47 Å². The molecule has 4 nitrogen and oxygen atoms in total. The summed E-state index contributed by atoms with van der Waals surface area (Å²) >= 11 is 0. The lowest BCUT2D eigenvalue weighted by Crippen LogP contribution is -2.10. The SMILES string of the molecule is COC(=O)Cc1cnc(OC)c(C(F)F)c1F. The highest BCUT2D eigenvalue weighted by atomic mass is 19.3. The third kappa shape index (κ3) is 2.86. The van der Waals surface area contributed by atoms with Crippen LogP contribution in [0.25, 0.3) is 0 Å². The van der Waals surface area contributed by atoms with E-state index in [0.717, 1.165) is 20.4 Å². The van der Waals surface area contributed by atoms with Crippen molar-refractivity contribution in [1.29, 1.82) is 0 Å². The Bertz CT molecular complexity index is 424. The molecule has 94 valence electrons. The number of carbonyl (C=O) groups is 1. The molecule has 0 amide bonds. The molecule has 0 aromatic carbocycles. The molecule has 1 heterocycles. The van der Waals surface area contributed by atoms with Crippen LogP contribution >= 0.6 is 0 Å². The lowest BCUT2D eigenvalue weighted by molar-refractivity contribution is -0.139. The minimum Gasteiger partial charge on any atom is -0.481 e. The number of carbonyl (C=O) groups excluding carboxylic acids is 1. The molecular weight excluding hydrogens is 239 g/mol. The van der Waals surface area contributed by atoms with Crippen molar-refractivity contribution in [3.05, 3.63) is 23.1 Å². The van der Waals surface area contributed by atoms with Crippen molar-refractivity contribution in [1.82, 2.24) is 4.98 Å². The van der Waals surface area contributed by atoms with Crippen molar-refractivity contribution in [3.63, 3.8) is 0 Å². The highest BCUT2D eigenvalue weighted by Crippen LogP contribution is 2.31. The van der Waals surface area contributed by atoms with Crippen LogP contribution < -0.4 is 4.74 Å². The number of ether oxygens (including phenoxy) is 2. The first-order valence-corrected chi connectivity index (χ1v) is 4.57. The van der Waals surface area contributed by atoms with E-state index in [2.05, 4.69) is 14.5 Å². The van der Waals surface area contributed by atoms with E-state index in [1.165, 1.54) is 0 Å². The Labute approximate surface area is 95.4 Å². The van der Waals surface area contributed by atoms with Gasteiger partial charge in [0.05, 0.1) is 20.6 Å². The maximum atomic E-state index is 13.7. The van der Waals surface area contributed by atoms with Crippen LogP contribution in [0.5, 0.6) is 5.88 Å². The molecule has 7 heteroatoms. The molecule has 0 fully saturated rings. The summed E-state index contributed by atoms with van der Waals surface area (Å²) in [6.07, 6.45) is -2.56. The Morgan fingerprint density at radius 1 is 1.47 bits per heavy atom. The van der Waals surface area contributed by atoms with Crippen LogP contribution in [0.1, 0.15) is 17.6 Å². The van der Waals surface area contributed by atoms with Gasteiger partial charge in [0.15, 0.2) is 0 Å². The zero-order chi connectivity index (χ0) is 13.0. The van der Waals surface area contributed by atoms with Crippen LogP contribution in [0.4, 0.5) is 13.2 Å². The molecule has 0 saturated carbocycles. The molecule has 0 aliphatic heterocycles. The van der Waals surface area contributed by atoms with E-state index in [9.17, 15) is 18.0 Å². The second-order valence-corrected chi connectivity index (χ2v) is 3.07. The monoisotopic (exact) mass is 249 g/mol. The van der Waals surface area contributed by atoms with E-state index in [4.69, 9.17) is 0 Å². The lowest BCUT2D eigenvalue weighted by atomic mass is 10.1. The summed E-state index contributed by atoms with van der Waals surface area (Å²) in [5.41, 5.74) is -1.21. The van der Waals surface area contributed by atoms with E-state index in [-0.39, 0.29) is 5.56 Å². The third-order valence-electron chi connectivity index (χ3n) is 2.06. The molecule has 0 saturated heterocycles. The van der Waals surface area contributed by atoms with Gasteiger partial charge in [-0.05, 0) is 0 Å². The summed E-state index contributed by atoms with van der Waals surface area (Å²) in [6, 6.07) is 0. The molecule has 0 bridgehead atoms. The number of nitrogens with zero attached hydrogens (tertiary/aromatic N) is 1. The molecular formula is C10H10F3NO3. The smallest absolute Gasteiger partial charge is 0.310 e. The van der Waals surface area contributed by atoms with Crippen molar-refractivity contribution in [2.75, 3.05) is 14.2 Å². The highest BCUT2D eigenvalue weighted by molar-refractivity contribution is 5.72. The maximum absolute atomic E-state index is 13.7. The van der Waals surface area contributed by atoms with Crippen molar-refractivity contribution in [3.8, 4) is 5.88 Å². The highest BCUT2D eigenvalue weighted by Gasteiger charge is 2.24. The Balaban J connectivity index is 3.18. The minimum atomic E-state index is -3.07. The van der Waals surface area contributed by atoms with Crippen LogP contribution in [-0.2, 0) is 16.0 Å². The van der Waals surface area contributed by atoms with Gasteiger partial charge in [-0.25, -0.2) is 18.2 Å². The summed E-state index contributed by atoms with van der Waals surface area (Å²) in [5, 5.41) is 0. The normalized spacial score (nSPS) is 10.5. The van der Waals surface area contributed by atoms with E-state index < -0.39 is 36.1 Å². The van der Waals surface area contributed by atoms with Gasteiger partial charge in [-0.3, -0.25) is 4.79 Å². The number of hydrogen-bond acceptors (Lipinski definition) is 4. The van der Waals surface area contributed by atoms with Crippen molar-refractivity contribution in [2.24, 2.45) is 0 Å². The molecule has 1 aromatic heterocycles. The average molecular weight is 249 g/mol. The number of alkyl halides is 2. The van der Waals surface area contributed by atoms with E-state index >= 15 is 0 Å². The molecule has 0 aliphatic rings. The Morgan fingerprint density at radius 3 is 2.59 bits per heavy atom. The van der Waals surface area contributed by atoms with Crippen molar-refractivity contribution < 1.29 is 27.4 Å². The fourth-order valence-electron chi connectivity index (χ4n) is 1.23. The molecule has 0 atom stereocenters. The first-order valence-electron chi connectivity index (χ1n) is 4.57. The first-order chi connectivity index (χ1) is 8.01. The minimum absolute atomic E-state index is 0.257. The van der Waals surface area contributed by atoms with Crippen molar-refractivity contribution >= 4 is 5.97 Å². The maximum Gasteiger partial charge on any atom is 0.310 e. The van der Waals surface area contributed by atoms with Crippen LogP contribution in [0.2, 0.25) is 0 Å². The van der Waals surface area contributed by atoms with Crippen LogP contribution in [0.15, 0.2) is 6.20 Å². The average Bonchev–Trinajstić information content (AvgIpc) is 2.30. The topological polar surface area (TPSA) is 48.4 Å². The number of methoxy groups -OCH3 is 2. The number of pyridine rings is 1. The Hall–Kier alpha value is -1.79. The molecule has 17 heavy (non-hydrogen) atoms. The first kappa shape index (κ1) is 13.3. The van der Waals surface area contributed by atoms with Gasteiger partial charge in [0.1, 0.15) is 11.4 Å². The van der Waals surface area contributed by atoms with Crippen LogP contribution in [0, 0.1) is 5.82 Å². The van der Waals surface area contributed by atoms with Gasteiger partial charge in [0.2, 0.25) is 5.88 Å². The number of rotatable bonds is 4. The number of halogens is 3. The van der Waals surface area contributed by atoms with Crippen LogP contribution in [0.3, 0.4) is 0 Å². The number of hydrogen-bond donors (Lipinski definition) is 0. The summed E-state index contributed by atoms with van der Waals surface area (Å²) in [6.45, 7) is 0. The van der Waals surface area contributed by atoms with Gasteiger partial charge in [0, 0.05) is 11.8 Å². The molecule has 1 rings (SSSR count). The zero-order valence-electron chi connectivity index (χ0n) is 9.17. The predicted octanol–water partition coefficient (Wildman–Crippen LogP) is 1.88. The molecule has 0 spiro atoms. The fourth-order valence-corrected chi connectivity index (χ4v) is 1.23. The van der Waals surface area contributed by atoms with E-state index in [1.54, 1.807) is 0 Å². The summed E-state index contributed by atoms with van der Waals surface area (Å²) < 4.78 is 47.7. The quantitative estimate of drug-likeness (QED) is 0.764. The van der Waals surface area contributed by atoms with Gasteiger partial charge in [-0.15, -0.1) is 0 Å².